The van der Waals surface area contributed by atoms with Crippen molar-refractivity contribution in [2.75, 3.05) is 31.1 Å². The Labute approximate surface area is 161 Å². The Morgan fingerprint density at radius 2 is 1.74 bits per heavy atom. The van der Waals surface area contributed by atoms with Crippen molar-refractivity contribution in [2.24, 2.45) is 18.9 Å². The van der Waals surface area contributed by atoms with E-state index in [2.05, 4.69) is 4.98 Å². The smallest absolute Gasteiger partial charge is 0.329 e. The highest BCUT2D eigenvalue weighted by Gasteiger charge is 2.44. The van der Waals surface area contributed by atoms with Crippen LogP contribution >= 0.6 is 11.6 Å². The van der Waals surface area contributed by atoms with Crippen molar-refractivity contribution >= 4 is 27.4 Å². The number of nitrogens with one attached hydrogen (secondary N) is 1. The lowest BCUT2D eigenvalue weighted by Gasteiger charge is -2.22. The largest absolute Gasteiger partial charge is 0.357 e. The summed E-state index contributed by atoms with van der Waals surface area (Å²) < 4.78 is 28.2. The van der Waals surface area contributed by atoms with Gasteiger partial charge in [0.15, 0.2) is 0 Å². The first-order valence-electron chi connectivity index (χ1n) is 8.57. The molecule has 10 heteroatoms. The molecule has 0 aliphatic carbocycles. The SMILES string of the molecule is Cn1c(=O)cc(N2CC3CN(S(=O)(=O)c4cccc(Cl)c4)CC3C2)[nH]c1=O. The number of rotatable bonds is 3. The third-order valence-electron chi connectivity index (χ3n) is 5.36. The van der Waals surface area contributed by atoms with E-state index in [-0.39, 0.29) is 22.3 Å². The Morgan fingerprint density at radius 3 is 2.33 bits per heavy atom. The Morgan fingerprint density at radius 1 is 1.07 bits per heavy atom. The molecular formula is C17H19ClN4O4S. The van der Waals surface area contributed by atoms with Crippen molar-refractivity contribution in [1.29, 1.82) is 0 Å². The fourth-order valence-electron chi connectivity index (χ4n) is 3.83. The molecule has 2 fully saturated rings. The fraction of sp³-hybridized carbons (Fsp3) is 0.412. The third-order valence-corrected chi connectivity index (χ3v) is 7.42. The van der Waals surface area contributed by atoms with Crippen LogP contribution in [0.2, 0.25) is 5.02 Å². The summed E-state index contributed by atoms with van der Waals surface area (Å²) in [6.45, 7) is 2.00. The maximum Gasteiger partial charge on any atom is 0.329 e. The van der Waals surface area contributed by atoms with Crippen molar-refractivity contribution in [3.8, 4) is 0 Å². The zero-order valence-corrected chi connectivity index (χ0v) is 16.2. The molecular weight excluding hydrogens is 392 g/mol. The summed E-state index contributed by atoms with van der Waals surface area (Å²) in [6.07, 6.45) is 0. The molecule has 2 atom stereocenters. The predicted octanol–water partition coefficient (Wildman–Crippen LogP) is 0.484. The number of sulfonamides is 1. The van der Waals surface area contributed by atoms with Crippen LogP contribution in [0.3, 0.4) is 0 Å². The van der Waals surface area contributed by atoms with E-state index in [1.54, 1.807) is 18.2 Å². The summed E-state index contributed by atoms with van der Waals surface area (Å²) in [5, 5.41) is 0.385. The molecule has 1 aromatic heterocycles. The summed E-state index contributed by atoms with van der Waals surface area (Å²) in [7, 11) is -2.17. The second-order valence-corrected chi connectivity index (χ2v) is 9.44. The summed E-state index contributed by atoms with van der Waals surface area (Å²) >= 11 is 5.93. The third kappa shape index (κ3) is 3.19. The van der Waals surface area contributed by atoms with Crippen LogP contribution in [0.25, 0.3) is 0 Å². The molecule has 0 bridgehead atoms. The lowest BCUT2D eigenvalue weighted by atomic mass is 10.0. The minimum absolute atomic E-state index is 0.145. The highest BCUT2D eigenvalue weighted by Crippen LogP contribution is 2.35. The van der Waals surface area contributed by atoms with Crippen LogP contribution in [0.15, 0.2) is 44.8 Å². The van der Waals surface area contributed by atoms with E-state index in [4.69, 9.17) is 11.6 Å². The number of nitrogens with zero attached hydrogens (tertiary/aromatic N) is 3. The molecule has 2 aliphatic heterocycles. The van der Waals surface area contributed by atoms with E-state index >= 15 is 0 Å². The van der Waals surface area contributed by atoms with Gasteiger partial charge in [0, 0.05) is 44.3 Å². The second-order valence-electron chi connectivity index (χ2n) is 7.06. The Hall–Kier alpha value is -2.10. The molecule has 27 heavy (non-hydrogen) atoms. The molecule has 3 heterocycles. The minimum atomic E-state index is -3.59. The lowest BCUT2D eigenvalue weighted by Crippen LogP contribution is -2.37. The fourth-order valence-corrected chi connectivity index (χ4v) is 5.69. The van der Waals surface area contributed by atoms with Crippen LogP contribution < -0.4 is 16.1 Å². The maximum atomic E-state index is 12.9. The van der Waals surface area contributed by atoms with Gasteiger partial charge in [0.1, 0.15) is 5.82 Å². The maximum absolute atomic E-state index is 12.9. The molecule has 4 rings (SSSR count). The number of benzene rings is 1. The van der Waals surface area contributed by atoms with E-state index in [0.717, 1.165) is 4.57 Å². The second kappa shape index (κ2) is 6.50. The quantitative estimate of drug-likeness (QED) is 0.794. The van der Waals surface area contributed by atoms with Gasteiger partial charge in [-0.2, -0.15) is 4.31 Å². The van der Waals surface area contributed by atoms with Gasteiger partial charge < -0.3 is 4.90 Å². The number of hydrogen-bond donors (Lipinski definition) is 1. The topological polar surface area (TPSA) is 95.5 Å². The van der Waals surface area contributed by atoms with Crippen LogP contribution in [-0.4, -0.2) is 48.5 Å². The predicted molar refractivity (Wildman–Crippen MR) is 102 cm³/mol. The van der Waals surface area contributed by atoms with Crippen LogP contribution in [0.4, 0.5) is 5.82 Å². The van der Waals surface area contributed by atoms with Crippen molar-refractivity contribution in [2.45, 2.75) is 4.90 Å². The first-order valence-corrected chi connectivity index (χ1v) is 10.4. The first kappa shape index (κ1) is 18.3. The van der Waals surface area contributed by atoms with Crippen LogP contribution in [0.5, 0.6) is 0 Å². The number of hydrogen-bond acceptors (Lipinski definition) is 5. The molecule has 2 saturated heterocycles. The number of aromatic nitrogens is 2. The van der Waals surface area contributed by atoms with E-state index in [0.29, 0.717) is 37.0 Å². The number of H-pyrrole nitrogens is 1. The average molecular weight is 411 g/mol. The Bertz CT molecular complexity index is 1070. The van der Waals surface area contributed by atoms with Crippen LogP contribution in [0, 0.1) is 11.8 Å². The number of fused-ring (bicyclic) bond motifs is 1. The van der Waals surface area contributed by atoms with E-state index in [9.17, 15) is 18.0 Å². The summed E-state index contributed by atoms with van der Waals surface area (Å²) in [6, 6.07) is 7.68. The summed E-state index contributed by atoms with van der Waals surface area (Å²) in [5.41, 5.74) is -0.823. The number of aromatic amines is 1. The molecule has 1 N–H and O–H groups in total. The molecule has 144 valence electrons. The monoisotopic (exact) mass is 410 g/mol. The van der Waals surface area contributed by atoms with Gasteiger partial charge in [-0.15, -0.1) is 0 Å². The number of anilines is 1. The van der Waals surface area contributed by atoms with Gasteiger partial charge in [-0.25, -0.2) is 13.2 Å². The Balaban J connectivity index is 1.52. The van der Waals surface area contributed by atoms with E-state index in [1.165, 1.54) is 23.5 Å². The molecule has 2 aromatic rings. The van der Waals surface area contributed by atoms with Crippen LogP contribution in [0.1, 0.15) is 0 Å². The van der Waals surface area contributed by atoms with Gasteiger partial charge in [0.25, 0.3) is 5.56 Å². The highest BCUT2D eigenvalue weighted by atomic mass is 35.5. The van der Waals surface area contributed by atoms with Crippen molar-refractivity contribution < 1.29 is 8.42 Å². The summed E-state index contributed by atoms with van der Waals surface area (Å²) in [5.74, 6) is 0.778. The molecule has 2 unspecified atom stereocenters. The van der Waals surface area contributed by atoms with Gasteiger partial charge in [-0.1, -0.05) is 17.7 Å². The Kier molecular flexibility index (Phi) is 4.40. The molecule has 0 radical (unpaired) electrons. The zero-order chi connectivity index (χ0) is 19.3. The molecule has 2 aliphatic rings. The van der Waals surface area contributed by atoms with E-state index in [1.807, 2.05) is 4.90 Å². The van der Waals surface area contributed by atoms with Crippen molar-refractivity contribution in [3.05, 3.63) is 56.2 Å². The van der Waals surface area contributed by atoms with Crippen molar-refractivity contribution in [3.63, 3.8) is 0 Å². The van der Waals surface area contributed by atoms with Crippen molar-refractivity contribution in [1.82, 2.24) is 13.9 Å². The van der Waals surface area contributed by atoms with Gasteiger partial charge in [0.2, 0.25) is 10.0 Å². The van der Waals surface area contributed by atoms with E-state index < -0.39 is 15.7 Å². The van der Waals surface area contributed by atoms with Gasteiger partial charge in [-0.05, 0) is 30.0 Å². The summed E-state index contributed by atoms with van der Waals surface area (Å²) in [4.78, 5) is 28.5. The minimum Gasteiger partial charge on any atom is -0.357 e. The molecule has 0 spiro atoms. The standard InChI is InChI=1S/C17H19ClN4O4S/c1-20-16(23)6-15(19-17(20)24)21-7-11-9-22(10-12(11)8-21)27(25,26)14-4-2-3-13(18)5-14/h2-6,11-12H,7-10H2,1H3,(H,19,24). The normalized spacial score (nSPS) is 23.0. The van der Waals surface area contributed by atoms with Gasteiger partial charge in [-0.3, -0.25) is 14.3 Å². The zero-order valence-electron chi connectivity index (χ0n) is 14.6. The first-order chi connectivity index (χ1) is 12.8. The lowest BCUT2D eigenvalue weighted by molar-refractivity contribution is 0.453. The average Bonchev–Trinajstić information content (AvgIpc) is 3.18. The van der Waals surface area contributed by atoms with Gasteiger partial charge >= 0.3 is 5.69 Å². The number of halogens is 1. The molecule has 1 aromatic carbocycles. The van der Waals surface area contributed by atoms with Gasteiger partial charge in [0.05, 0.1) is 4.90 Å². The highest BCUT2D eigenvalue weighted by molar-refractivity contribution is 7.89. The molecule has 0 amide bonds. The molecule has 8 nitrogen and oxygen atoms in total. The molecule has 0 saturated carbocycles. The van der Waals surface area contributed by atoms with Crippen LogP contribution in [-0.2, 0) is 17.1 Å².